The summed E-state index contributed by atoms with van der Waals surface area (Å²) in [5.41, 5.74) is 5.00. The molecule has 1 aliphatic carbocycles. The van der Waals surface area contributed by atoms with Crippen LogP contribution in [-0.2, 0) is 0 Å². The second-order valence-corrected chi connectivity index (χ2v) is 6.35. The molecular formula is C18H18ClN5O2. The van der Waals surface area contributed by atoms with E-state index in [9.17, 15) is 9.59 Å². The first-order valence-electron chi connectivity index (χ1n) is 8.15. The van der Waals surface area contributed by atoms with Gasteiger partial charge in [0.05, 0.1) is 11.3 Å². The molecule has 1 aromatic carbocycles. The highest BCUT2D eigenvalue weighted by Crippen LogP contribution is 2.19. The van der Waals surface area contributed by atoms with Gasteiger partial charge in [0.1, 0.15) is 5.15 Å². The van der Waals surface area contributed by atoms with E-state index in [1.807, 2.05) is 12.1 Å². The smallest absolute Gasteiger partial charge is 0.319 e. The normalized spacial score (nSPS) is 13.8. The molecule has 3 rings (SSSR count). The zero-order chi connectivity index (χ0) is 18.5. The average Bonchev–Trinajstić information content (AvgIpc) is 3.44. The summed E-state index contributed by atoms with van der Waals surface area (Å²) in [6, 6.07) is 10.4. The highest BCUT2D eigenvalue weighted by atomic mass is 35.5. The van der Waals surface area contributed by atoms with Crippen molar-refractivity contribution in [3.8, 4) is 0 Å². The van der Waals surface area contributed by atoms with Gasteiger partial charge in [0.15, 0.2) is 0 Å². The number of nitrogens with zero attached hydrogens (tertiary/aromatic N) is 2. The SMILES string of the molecule is CC(=NNC(=O)c1ccc(Cl)nc1)c1ccc(NC(=O)NC2CC2)cc1. The van der Waals surface area contributed by atoms with Gasteiger partial charge in [-0.25, -0.2) is 15.2 Å². The van der Waals surface area contributed by atoms with Gasteiger partial charge in [0.25, 0.3) is 5.91 Å². The number of nitrogens with one attached hydrogen (secondary N) is 3. The van der Waals surface area contributed by atoms with E-state index in [4.69, 9.17) is 11.6 Å². The van der Waals surface area contributed by atoms with Gasteiger partial charge in [-0.05, 0) is 49.6 Å². The molecule has 0 aliphatic heterocycles. The number of halogens is 1. The quantitative estimate of drug-likeness (QED) is 0.428. The van der Waals surface area contributed by atoms with Crippen molar-refractivity contribution in [2.45, 2.75) is 25.8 Å². The lowest BCUT2D eigenvalue weighted by atomic mass is 10.1. The van der Waals surface area contributed by atoms with Crippen LogP contribution in [0, 0.1) is 0 Å². The molecule has 8 heteroatoms. The Labute approximate surface area is 155 Å². The molecule has 0 atom stereocenters. The summed E-state index contributed by atoms with van der Waals surface area (Å²) in [5, 5.41) is 10.0. The van der Waals surface area contributed by atoms with Gasteiger partial charge in [0, 0.05) is 17.9 Å². The number of urea groups is 1. The van der Waals surface area contributed by atoms with Gasteiger partial charge in [-0.2, -0.15) is 5.10 Å². The van der Waals surface area contributed by atoms with E-state index in [0.29, 0.717) is 28.2 Å². The van der Waals surface area contributed by atoms with Crippen molar-refractivity contribution in [3.63, 3.8) is 0 Å². The van der Waals surface area contributed by atoms with E-state index >= 15 is 0 Å². The Morgan fingerprint density at radius 3 is 2.42 bits per heavy atom. The summed E-state index contributed by atoms with van der Waals surface area (Å²) in [7, 11) is 0. The molecule has 3 amide bonds. The maximum atomic E-state index is 12.0. The molecule has 26 heavy (non-hydrogen) atoms. The van der Waals surface area contributed by atoms with E-state index in [1.165, 1.54) is 12.3 Å². The van der Waals surface area contributed by atoms with Crippen molar-refractivity contribution in [3.05, 3.63) is 58.9 Å². The van der Waals surface area contributed by atoms with Crippen LogP contribution in [0.25, 0.3) is 0 Å². The number of anilines is 1. The van der Waals surface area contributed by atoms with Crippen LogP contribution < -0.4 is 16.1 Å². The van der Waals surface area contributed by atoms with Crippen LogP contribution >= 0.6 is 11.6 Å². The summed E-state index contributed by atoms with van der Waals surface area (Å²) in [6.07, 6.45) is 3.47. The number of aromatic nitrogens is 1. The summed E-state index contributed by atoms with van der Waals surface area (Å²) >= 11 is 5.70. The Hall–Kier alpha value is -2.93. The van der Waals surface area contributed by atoms with Gasteiger partial charge in [0.2, 0.25) is 0 Å². The van der Waals surface area contributed by atoms with E-state index in [2.05, 4.69) is 26.1 Å². The standard InChI is InChI=1S/C18H18ClN5O2/c1-11(23-24-17(25)13-4-9-16(19)20-10-13)12-2-5-14(6-3-12)21-18(26)22-15-7-8-15/h2-6,9-10,15H,7-8H2,1H3,(H,24,25)(H2,21,22,26). The van der Waals surface area contributed by atoms with Crippen molar-refractivity contribution >= 4 is 34.9 Å². The number of hydrazone groups is 1. The molecule has 0 unspecified atom stereocenters. The Morgan fingerprint density at radius 2 is 1.81 bits per heavy atom. The van der Waals surface area contributed by atoms with Gasteiger partial charge >= 0.3 is 6.03 Å². The number of hydrogen-bond acceptors (Lipinski definition) is 4. The molecule has 0 bridgehead atoms. The molecule has 2 aromatic rings. The van der Waals surface area contributed by atoms with E-state index < -0.39 is 0 Å². The summed E-state index contributed by atoms with van der Waals surface area (Å²) < 4.78 is 0. The molecule has 1 fully saturated rings. The highest BCUT2D eigenvalue weighted by Gasteiger charge is 2.23. The minimum absolute atomic E-state index is 0.200. The molecule has 7 nitrogen and oxygen atoms in total. The molecule has 1 heterocycles. The Morgan fingerprint density at radius 1 is 1.12 bits per heavy atom. The van der Waals surface area contributed by atoms with E-state index in [-0.39, 0.29) is 11.9 Å². The van der Waals surface area contributed by atoms with Crippen molar-refractivity contribution < 1.29 is 9.59 Å². The second kappa shape index (κ2) is 7.97. The molecule has 0 saturated heterocycles. The van der Waals surface area contributed by atoms with Crippen LogP contribution in [0.1, 0.15) is 35.7 Å². The summed E-state index contributed by atoms with van der Waals surface area (Å²) in [4.78, 5) is 27.6. The van der Waals surface area contributed by atoms with Crippen LogP contribution in [0.15, 0.2) is 47.7 Å². The number of amides is 3. The largest absolute Gasteiger partial charge is 0.335 e. The summed E-state index contributed by atoms with van der Waals surface area (Å²) in [6.45, 7) is 1.78. The molecule has 1 saturated carbocycles. The van der Waals surface area contributed by atoms with Crippen molar-refractivity contribution in [2.24, 2.45) is 5.10 Å². The van der Waals surface area contributed by atoms with Gasteiger partial charge in [-0.3, -0.25) is 4.79 Å². The molecule has 1 aromatic heterocycles. The lowest BCUT2D eigenvalue weighted by Crippen LogP contribution is -2.30. The molecule has 1 aliphatic rings. The maximum Gasteiger partial charge on any atom is 0.319 e. The van der Waals surface area contributed by atoms with Crippen molar-refractivity contribution in [1.29, 1.82) is 0 Å². The number of pyridine rings is 1. The number of carbonyl (C=O) groups is 2. The Kier molecular flexibility index (Phi) is 5.48. The predicted molar refractivity (Wildman–Crippen MR) is 101 cm³/mol. The third-order valence-corrected chi connectivity index (χ3v) is 4.01. The minimum atomic E-state index is -0.372. The van der Waals surface area contributed by atoms with Crippen LogP contribution in [0.5, 0.6) is 0 Å². The monoisotopic (exact) mass is 371 g/mol. The van der Waals surface area contributed by atoms with Crippen molar-refractivity contribution in [2.75, 3.05) is 5.32 Å². The first kappa shape index (κ1) is 17.9. The predicted octanol–water partition coefficient (Wildman–Crippen LogP) is 3.17. The fourth-order valence-corrected chi connectivity index (χ4v) is 2.26. The lowest BCUT2D eigenvalue weighted by molar-refractivity contribution is 0.0954. The Balaban J connectivity index is 1.57. The maximum absolute atomic E-state index is 12.0. The fraction of sp³-hybridized carbons (Fsp3) is 0.222. The second-order valence-electron chi connectivity index (χ2n) is 5.96. The molecule has 0 spiro atoms. The lowest BCUT2D eigenvalue weighted by Gasteiger charge is -2.08. The number of benzene rings is 1. The van der Waals surface area contributed by atoms with Crippen LogP contribution in [0.3, 0.4) is 0 Å². The number of rotatable bonds is 5. The Bertz CT molecular complexity index is 830. The fourth-order valence-electron chi connectivity index (χ4n) is 2.15. The topological polar surface area (TPSA) is 95.5 Å². The number of hydrogen-bond donors (Lipinski definition) is 3. The van der Waals surface area contributed by atoms with Crippen LogP contribution in [-0.4, -0.2) is 28.7 Å². The first-order valence-corrected chi connectivity index (χ1v) is 8.53. The third-order valence-electron chi connectivity index (χ3n) is 3.79. The highest BCUT2D eigenvalue weighted by molar-refractivity contribution is 6.29. The van der Waals surface area contributed by atoms with Crippen LogP contribution in [0.2, 0.25) is 5.15 Å². The average molecular weight is 372 g/mol. The first-order chi connectivity index (χ1) is 12.5. The van der Waals surface area contributed by atoms with Crippen molar-refractivity contribution in [1.82, 2.24) is 15.7 Å². The molecule has 0 radical (unpaired) electrons. The van der Waals surface area contributed by atoms with Crippen LogP contribution in [0.4, 0.5) is 10.5 Å². The van der Waals surface area contributed by atoms with E-state index in [0.717, 1.165) is 18.4 Å². The summed E-state index contributed by atoms with van der Waals surface area (Å²) in [5.74, 6) is -0.372. The third kappa shape index (κ3) is 5.03. The zero-order valence-corrected chi connectivity index (χ0v) is 14.9. The van der Waals surface area contributed by atoms with Gasteiger partial charge < -0.3 is 10.6 Å². The van der Waals surface area contributed by atoms with Gasteiger partial charge in [-0.1, -0.05) is 23.7 Å². The van der Waals surface area contributed by atoms with E-state index in [1.54, 1.807) is 25.1 Å². The number of carbonyl (C=O) groups excluding carboxylic acids is 2. The molecular weight excluding hydrogens is 354 g/mol. The molecule has 3 N–H and O–H groups in total. The van der Waals surface area contributed by atoms with Gasteiger partial charge in [-0.15, -0.1) is 0 Å². The minimum Gasteiger partial charge on any atom is -0.335 e. The molecule has 134 valence electrons. The zero-order valence-electron chi connectivity index (χ0n) is 14.1.